The van der Waals surface area contributed by atoms with Gasteiger partial charge >= 0.3 is 6.03 Å². The van der Waals surface area contributed by atoms with Gasteiger partial charge in [-0.25, -0.2) is 9.79 Å². The second kappa shape index (κ2) is 15.7. The van der Waals surface area contributed by atoms with Gasteiger partial charge in [-0.2, -0.15) is 0 Å². The fraction of sp³-hybridized carbons (Fsp3) is 0.406. The van der Waals surface area contributed by atoms with Gasteiger partial charge in [0.15, 0.2) is 0 Å². The largest absolute Gasteiger partial charge is 0.495 e. The van der Waals surface area contributed by atoms with Gasteiger partial charge in [-0.1, -0.05) is 68.8 Å². The number of methoxy groups -OCH3 is 1. The minimum absolute atomic E-state index is 0.0120. The Morgan fingerprint density at radius 3 is 2.42 bits per heavy atom. The number of nitrogens with one attached hydrogen (secondary N) is 3. The van der Waals surface area contributed by atoms with E-state index in [1.807, 2.05) is 13.8 Å². The minimum atomic E-state index is -0.294. The number of hydrogen-bond acceptors (Lipinski definition) is 6. The summed E-state index contributed by atoms with van der Waals surface area (Å²) in [5.41, 5.74) is 3.49. The highest BCUT2D eigenvalue weighted by Crippen LogP contribution is 2.44. The summed E-state index contributed by atoms with van der Waals surface area (Å²) in [6, 6.07) is 1.44. The minimum Gasteiger partial charge on any atom is -0.495 e. The molecule has 2 atom stereocenters. The first-order chi connectivity index (χ1) is 20.6. The van der Waals surface area contributed by atoms with Crippen molar-refractivity contribution < 1.29 is 14.3 Å². The SMILES string of the molecule is C=CC(=O)NC1CCCC[C@H]1NC(=C)/N=C\C1=C(C)N(C/C(C=C)=C/NC)C(=O)N(c2c(Cl)c(CC)cc(OC)c2Cl)C1. The van der Waals surface area contributed by atoms with Crippen LogP contribution in [-0.2, 0) is 11.2 Å². The van der Waals surface area contributed by atoms with Gasteiger partial charge in [-0.3, -0.25) is 14.6 Å². The molecular weight excluding hydrogens is 587 g/mol. The molecule has 1 fully saturated rings. The summed E-state index contributed by atoms with van der Waals surface area (Å²) in [6.45, 7) is 15.9. The van der Waals surface area contributed by atoms with Crippen LogP contribution in [0.25, 0.3) is 0 Å². The molecule has 232 valence electrons. The highest BCUT2D eigenvalue weighted by atomic mass is 35.5. The molecule has 1 aliphatic carbocycles. The van der Waals surface area contributed by atoms with Crippen molar-refractivity contribution in [2.45, 2.75) is 58.0 Å². The molecule has 0 radical (unpaired) electrons. The molecule has 3 N–H and O–H groups in total. The maximum Gasteiger partial charge on any atom is 0.329 e. The van der Waals surface area contributed by atoms with Crippen molar-refractivity contribution in [3.63, 3.8) is 0 Å². The molecule has 1 saturated carbocycles. The van der Waals surface area contributed by atoms with Gasteiger partial charge in [-0.05, 0) is 49.5 Å². The molecule has 0 bridgehead atoms. The molecular formula is C32H42Cl2N6O3. The molecule has 0 spiro atoms. The maximum atomic E-state index is 14.1. The van der Waals surface area contributed by atoms with E-state index >= 15 is 0 Å². The Balaban J connectivity index is 1.99. The highest BCUT2D eigenvalue weighted by Gasteiger charge is 2.35. The maximum absolute atomic E-state index is 14.1. The van der Waals surface area contributed by atoms with Crippen LogP contribution in [-0.4, -0.2) is 62.4 Å². The second-order valence-electron chi connectivity index (χ2n) is 10.4. The number of amides is 3. The molecule has 3 amide bonds. The zero-order chi connectivity index (χ0) is 31.7. The van der Waals surface area contributed by atoms with E-state index in [1.165, 1.54) is 13.2 Å². The Morgan fingerprint density at radius 2 is 1.84 bits per heavy atom. The van der Waals surface area contributed by atoms with Gasteiger partial charge in [0.25, 0.3) is 0 Å². The van der Waals surface area contributed by atoms with Gasteiger partial charge in [0.2, 0.25) is 5.91 Å². The molecule has 11 heteroatoms. The summed E-state index contributed by atoms with van der Waals surface area (Å²) in [5, 5.41) is 10.0. The second-order valence-corrected chi connectivity index (χ2v) is 11.2. The summed E-state index contributed by atoms with van der Waals surface area (Å²) in [7, 11) is 3.32. The number of aliphatic imine (C=N–C) groups is 1. The lowest BCUT2D eigenvalue weighted by molar-refractivity contribution is -0.117. The first kappa shape index (κ1) is 33.8. The average Bonchev–Trinajstić information content (AvgIpc) is 3.00. The van der Waals surface area contributed by atoms with E-state index in [0.29, 0.717) is 28.7 Å². The van der Waals surface area contributed by atoms with Crippen LogP contribution in [0.5, 0.6) is 5.75 Å². The number of anilines is 1. The van der Waals surface area contributed by atoms with Crippen LogP contribution in [0.15, 0.2) is 71.8 Å². The Morgan fingerprint density at radius 1 is 1.16 bits per heavy atom. The van der Waals surface area contributed by atoms with Crippen molar-refractivity contribution in [3.8, 4) is 5.75 Å². The number of allylic oxidation sites excluding steroid dienone is 1. The molecule has 1 unspecified atom stereocenters. The normalized spacial score (nSPS) is 19.4. The number of aryl methyl sites for hydroxylation is 1. The van der Waals surface area contributed by atoms with Gasteiger partial charge in [0.05, 0.1) is 30.9 Å². The third-order valence-corrected chi connectivity index (χ3v) is 8.48. The topological polar surface area (TPSA) is 98.3 Å². The third kappa shape index (κ3) is 8.03. The number of carbonyl (C=O) groups is 2. The zero-order valence-electron chi connectivity index (χ0n) is 25.4. The van der Waals surface area contributed by atoms with E-state index in [4.69, 9.17) is 27.9 Å². The first-order valence-electron chi connectivity index (χ1n) is 14.3. The van der Waals surface area contributed by atoms with E-state index in [-0.39, 0.29) is 42.1 Å². The summed E-state index contributed by atoms with van der Waals surface area (Å²) in [4.78, 5) is 33.8. The predicted octanol–water partition coefficient (Wildman–Crippen LogP) is 6.11. The molecule has 9 nitrogen and oxygen atoms in total. The van der Waals surface area contributed by atoms with Crippen LogP contribution in [0, 0.1) is 0 Å². The van der Waals surface area contributed by atoms with Gasteiger partial charge in [0.1, 0.15) is 16.6 Å². The number of carbonyl (C=O) groups excluding carboxylic acids is 2. The molecule has 3 rings (SSSR count). The van der Waals surface area contributed by atoms with Crippen molar-refractivity contribution in [1.29, 1.82) is 0 Å². The fourth-order valence-corrected chi connectivity index (χ4v) is 6.03. The molecule has 1 aliphatic heterocycles. The Labute approximate surface area is 265 Å². The monoisotopic (exact) mass is 628 g/mol. The molecule has 0 saturated heterocycles. The third-order valence-electron chi connectivity index (χ3n) is 7.69. The highest BCUT2D eigenvalue weighted by molar-refractivity contribution is 6.41. The standard InChI is InChI=1S/C32H42Cl2N6O3/c1-8-22(16-35-6)18-39-20(4)24(17-36-21(5)37-25-13-11-12-14-26(25)38-28(41)10-3)19-40(32(39)42)31-29(33)23(9-2)15-27(43-7)30(31)34/h8,10,15-17,25-26,35,37H,1,3,5,9,11-14,18-19H2,2,4,6-7H3,(H,38,41)/b22-16+,36-17-/t25-,26?/m1/s1. The molecule has 1 aromatic carbocycles. The Kier molecular flexibility index (Phi) is 12.3. The van der Waals surface area contributed by atoms with E-state index in [0.717, 1.165) is 48.1 Å². The number of benzene rings is 1. The molecule has 43 heavy (non-hydrogen) atoms. The van der Waals surface area contributed by atoms with E-state index in [2.05, 4.69) is 40.7 Å². The van der Waals surface area contributed by atoms with Crippen LogP contribution < -0.4 is 25.6 Å². The lowest BCUT2D eigenvalue weighted by Crippen LogP contribution is -2.50. The number of halogens is 2. The van der Waals surface area contributed by atoms with Crippen molar-refractivity contribution in [1.82, 2.24) is 20.9 Å². The van der Waals surface area contributed by atoms with Gasteiger partial charge < -0.3 is 20.7 Å². The van der Waals surface area contributed by atoms with Crippen molar-refractivity contribution in [2.75, 3.05) is 32.1 Å². The lowest BCUT2D eigenvalue weighted by atomic mass is 9.90. The molecule has 2 aliphatic rings. The predicted molar refractivity (Wildman–Crippen MR) is 177 cm³/mol. The smallest absolute Gasteiger partial charge is 0.329 e. The van der Waals surface area contributed by atoms with E-state index in [1.54, 1.807) is 41.4 Å². The van der Waals surface area contributed by atoms with Crippen molar-refractivity contribution in [2.24, 2.45) is 4.99 Å². The van der Waals surface area contributed by atoms with Crippen molar-refractivity contribution >= 4 is 47.0 Å². The quantitative estimate of drug-likeness (QED) is 0.139. The zero-order valence-corrected chi connectivity index (χ0v) is 26.9. The Bertz CT molecular complexity index is 1320. The average molecular weight is 630 g/mol. The molecule has 1 heterocycles. The Hall–Kier alpha value is -3.69. The summed E-state index contributed by atoms with van der Waals surface area (Å²) in [5.74, 6) is 0.685. The number of nitrogens with zero attached hydrogens (tertiary/aromatic N) is 3. The van der Waals surface area contributed by atoms with Crippen LogP contribution in [0.2, 0.25) is 10.0 Å². The number of urea groups is 1. The van der Waals surface area contributed by atoms with Gasteiger partial charge in [0, 0.05) is 42.8 Å². The summed E-state index contributed by atoms with van der Waals surface area (Å²) < 4.78 is 5.53. The van der Waals surface area contributed by atoms with Crippen LogP contribution in [0.1, 0.15) is 45.1 Å². The van der Waals surface area contributed by atoms with E-state index < -0.39 is 0 Å². The summed E-state index contributed by atoms with van der Waals surface area (Å²) >= 11 is 13.6. The molecule has 1 aromatic rings. The number of rotatable bonds is 13. The summed E-state index contributed by atoms with van der Waals surface area (Å²) in [6.07, 6.45) is 10.9. The fourth-order valence-electron chi connectivity index (χ4n) is 5.27. The van der Waals surface area contributed by atoms with Crippen LogP contribution in [0.4, 0.5) is 10.5 Å². The van der Waals surface area contributed by atoms with Crippen LogP contribution in [0.3, 0.4) is 0 Å². The van der Waals surface area contributed by atoms with E-state index in [9.17, 15) is 9.59 Å². The number of hydrogen-bond donors (Lipinski definition) is 3. The number of ether oxygens (including phenoxy) is 1. The van der Waals surface area contributed by atoms with Crippen LogP contribution >= 0.6 is 23.2 Å². The van der Waals surface area contributed by atoms with Crippen molar-refractivity contribution in [3.05, 3.63) is 82.4 Å². The molecule has 0 aromatic heterocycles. The first-order valence-corrected chi connectivity index (χ1v) is 15.1. The van der Waals surface area contributed by atoms with Gasteiger partial charge in [-0.15, -0.1) is 0 Å². The lowest BCUT2D eigenvalue weighted by Gasteiger charge is -2.38.